The lowest BCUT2D eigenvalue weighted by Crippen LogP contribution is -2.20. The van der Waals surface area contributed by atoms with Gasteiger partial charge in [-0.25, -0.2) is 0 Å². The molecule has 2 heterocycles. The van der Waals surface area contributed by atoms with E-state index in [1.54, 1.807) is 0 Å². The second kappa shape index (κ2) is 11.1. The number of epoxide rings is 2. The van der Waals surface area contributed by atoms with Crippen molar-refractivity contribution in [2.45, 2.75) is 64.1 Å². The first kappa shape index (κ1) is 24.9. The third-order valence-electron chi connectivity index (χ3n) is 7.19. The van der Waals surface area contributed by atoms with Crippen molar-refractivity contribution in [3.05, 3.63) is 72.3 Å². The number of hydrogen-bond acceptors (Lipinski definition) is 4. The van der Waals surface area contributed by atoms with E-state index in [2.05, 4.69) is 75.4 Å². The van der Waals surface area contributed by atoms with E-state index in [4.69, 9.17) is 18.9 Å². The van der Waals surface area contributed by atoms with Gasteiger partial charge in [-0.15, -0.1) is 0 Å². The zero-order chi connectivity index (χ0) is 25.0. The minimum atomic E-state index is 0.0420. The summed E-state index contributed by atoms with van der Waals surface area (Å²) in [6.45, 7) is 9.78. The minimum absolute atomic E-state index is 0.0420. The van der Waals surface area contributed by atoms with Crippen LogP contribution in [0.25, 0.3) is 22.3 Å². The Balaban J connectivity index is 1.37. The summed E-state index contributed by atoms with van der Waals surface area (Å²) < 4.78 is 22.9. The fourth-order valence-electron chi connectivity index (χ4n) is 4.68. The molecule has 2 aliphatic heterocycles. The minimum Gasteiger partial charge on any atom is -0.491 e. The van der Waals surface area contributed by atoms with Crippen LogP contribution in [-0.4, -0.2) is 38.6 Å². The first-order chi connectivity index (χ1) is 17.5. The van der Waals surface area contributed by atoms with Gasteiger partial charge in [0.05, 0.1) is 13.2 Å². The molecule has 4 nitrogen and oxygen atoms in total. The number of unbranched alkanes of at least 4 members (excludes halogenated alkanes) is 2. The predicted octanol–water partition coefficient (Wildman–Crippen LogP) is 7.43. The van der Waals surface area contributed by atoms with Gasteiger partial charge in [0.2, 0.25) is 0 Å². The van der Waals surface area contributed by atoms with Crippen LogP contribution in [0.4, 0.5) is 0 Å². The number of ether oxygens (including phenoxy) is 4. The highest BCUT2D eigenvalue weighted by atomic mass is 16.6. The maximum atomic E-state index is 6.46. The first-order valence-electron chi connectivity index (χ1n) is 13.4. The Morgan fingerprint density at radius 1 is 0.750 bits per heavy atom. The van der Waals surface area contributed by atoms with E-state index in [1.807, 2.05) is 12.1 Å². The van der Waals surface area contributed by atoms with E-state index in [-0.39, 0.29) is 17.6 Å². The second-order valence-electron chi connectivity index (χ2n) is 10.7. The molecule has 0 saturated carbocycles. The third kappa shape index (κ3) is 6.29. The van der Waals surface area contributed by atoms with Gasteiger partial charge in [0.15, 0.2) is 0 Å². The molecule has 2 saturated heterocycles. The van der Waals surface area contributed by atoms with Crippen molar-refractivity contribution >= 4 is 0 Å². The molecule has 2 unspecified atom stereocenters. The highest BCUT2D eigenvalue weighted by Crippen LogP contribution is 2.42. The van der Waals surface area contributed by atoms with Crippen LogP contribution in [0.1, 0.15) is 52.0 Å². The highest BCUT2D eigenvalue weighted by molar-refractivity contribution is 5.76. The predicted molar refractivity (Wildman–Crippen MR) is 145 cm³/mol. The average molecular weight is 487 g/mol. The number of rotatable bonds is 13. The van der Waals surface area contributed by atoms with Crippen molar-refractivity contribution in [2.24, 2.45) is 0 Å². The highest BCUT2D eigenvalue weighted by Gasteiger charge is 2.29. The SMILES string of the molecule is CCCCCC(C)(C)c1cccc(-c2ccc(-c3ccc(OCC4CO4)cc3)cc2)c1OCC1CO1. The molecule has 36 heavy (non-hydrogen) atoms. The summed E-state index contributed by atoms with van der Waals surface area (Å²) in [6.07, 6.45) is 5.36. The maximum Gasteiger partial charge on any atom is 0.130 e. The summed E-state index contributed by atoms with van der Waals surface area (Å²) in [5.41, 5.74) is 5.99. The molecular weight excluding hydrogens is 448 g/mol. The summed E-state index contributed by atoms with van der Waals surface area (Å²) in [7, 11) is 0. The lowest BCUT2D eigenvalue weighted by molar-refractivity contribution is 0.257. The molecule has 190 valence electrons. The van der Waals surface area contributed by atoms with Crippen molar-refractivity contribution < 1.29 is 18.9 Å². The van der Waals surface area contributed by atoms with Crippen LogP contribution in [0.15, 0.2) is 66.7 Å². The Hall–Kier alpha value is -2.82. The Labute approximate surface area is 215 Å². The van der Waals surface area contributed by atoms with E-state index in [1.165, 1.54) is 41.5 Å². The Kier molecular flexibility index (Phi) is 7.64. The summed E-state index contributed by atoms with van der Waals surface area (Å²) in [5.74, 6) is 1.88. The van der Waals surface area contributed by atoms with E-state index in [0.717, 1.165) is 36.7 Å². The maximum absolute atomic E-state index is 6.46. The van der Waals surface area contributed by atoms with Gasteiger partial charge >= 0.3 is 0 Å². The Bertz CT molecular complexity index is 1130. The zero-order valence-corrected chi connectivity index (χ0v) is 21.8. The number of benzene rings is 3. The standard InChI is InChI=1S/C32H38O4/c1-4-5-6-18-32(2,3)30-9-7-8-29(31(30)36-22-28-21-35-28)25-12-10-23(11-13-25)24-14-16-26(17-15-24)33-19-27-20-34-27/h7-17,27-28H,4-6,18-22H2,1-3H3. The molecule has 0 radical (unpaired) electrons. The topological polar surface area (TPSA) is 43.5 Å². The van der Waals surface area contributed by atoms with Gasteiger partial charge in [-0.2, -0.15) is 0 Å². The lowest BCUT2D eigenvalue weighted by atomic mass is 9.78. The monoisotopic (exact) mass is 486 g/mol. The van der Waals surface area contributed by atoms with Crippen LogP contribution in [-0.2, 0) is 14.9 Å². The van der Waals surface area contributed by atoms with Crippen LogP contribution in [0.2, 0.25) is 0 Å². The lowest BCUT2D eigenvalue weighted by Gasteiger charge is -2.29. The van der Waals surface area contributed by atoms with Crippen molar-refractivity contribution in [1.82, 2.24) is 0 Å². The molecule has 3 aromatic carbocycles. The third-order valence-corrected chi connectivity index (χ3v) is 7.19. The number of para-hydroxylation sites is 1. The van der Waals surface area contributed by atoms with E-state index >= 15 is 0 Å². The molecule has 5 rings (SSSR count). The van der Waals surface area contributed by atoms with Crippen molar-refractivity contribution in [1.29, 1.82) is 0 Å². The molecule has 3 aromatic rings. The van der Waals surface area contributed by atoms with Gasteiger partial charge in [0, 0.05) is 11.1 Å². The summed E-state index contributed by atoms with van der Waals surface area (Å²) in [4.78, 5) is 0. The van der Waals surface area contributed by atoms with Crippen LogP contribution in [0.3, 0.4) is 0 Å². The molecule has 2 fully saturated rings. The van der Waals surface area contributed by atoms with Crippen LogP contribution in [0, 0.1) is 0 Å². The van der Waals surface area contributed by atoms with Gasteiger partial charge in [0.25, 0.3) is 0 Å². The summed E-state index contributed by atoms with van der Waals surface area (Å²) >= 11 is 0. The van der Waals surface area contributed by atoms with Crippen molar-refractivity contribution in [3.8, 4) is 33.8 Å². The molecule has 0 N–H and O–H groups in total. The fraction of sp³-hybridized carbons (Fsp3) is 0.438. The van der Waals surface area contributed by atoms with Gasteiger partial charge < -0.3 is 18.9 Å². The van der Waals surface area contributed by atoms with Crippen LogP contribution < -0.4 is 9.47 Å². The molecule has 2 aliphatic rings. The normalized spacial score (nSPS) is 18.6. The van der Waals surface area contributed by atoms with Gasteiger partial charge in [-0.3, -0.25) is 0 Å². The smallest absolute Gasteiger partial charge is 0.130 e. The molecule has 0 spiro atoms. The van der Waals surface area contributed by atoms with Crippen LogP contribution >= 0.6 is 0 Å². The van der Waals surface area contributed by atoms with E-state index in [9.17, 15) is 0 Å². The quantitative estimate of drug-likeness (QED) is 0.186. The molecule has 0 bridgehead atoms. The average Bonchev–Trinajstić information content (AvgIpc) is 3.82. The van der Waals surface area contributed by atoms with Crippen LogP contribution in [0.5, 0.6) is 11.5 Å². The number of hydrogen-bond donors (Lipinski definition) is 0. The molecular formula is C32H38O4. The fourth-order valence-corrected chi connectivity index (χ4v) is 4.68. The molecule has 0 aliphatic carbocycles. The molecule has 0 amide bonds. The molecule has 2 atom stereocenters. The Morgan fingerprint density at radius 3 is 1.94 bits per heavy atom. The second-order valence-corrected chi connectivity index (χ2v) is 10.7. The Morgan fingerprint density at radius 2 is 1.33 bits per heavy atom. The largest absolute Gasteiger partial charge is 0.491 e. The van der Waals surface area contributed by atoms with E-state index < -0.39 is 0 Å². The molecule has 0 aromatic heterocycles. The first-order valence-corrected chi connectivity index (χ1v) is 13.4. The molecule has 4 heteroatoms. The van der Waals surface area contributed by atoms with E-state index in [0.29, 0.717) is 13.2 Å². The van der Waals surface area contributed by atoms with Gasteiger partial charge in [-0.05, 0) is 40.7 Å². The van der Waals surface area contributed by atoms with Gasteiger partial charge in [0.1, 0.15) is 36.9 Å². The van der Waals surface area contributed by atoms with Gasteiger partial charge in [-0.1, -0.05) is 94.6 Å². The zero-order valence-electron chi connectivity index (χ0n) is 21.8. The van der Waals surface area contributed by atoms with Crippen molar-refractivity contribution in [2.75, 3.05) is 26.4 Å². The summed E-state index contributed by atoms with van der Waals surface area (Å²) in [6, 6.07) is 23.7. The summed E-state index contributed by atoms with van der Waals surface area (Å²) in [5, 5.41) is 0. The van der Waals surface area contributed by atoms with Crippen molar-refractivity contribution in [3.63, 3.8) is 0 Å².